The summed E-state index contributed by atoms with van der Waals surface area (Å²) in [7, 11) is 0. The molecule has 22 heavy (non-hydrogen) atoms. The van der Waals surface area contributed by atoms with Gasteiger partial charge in [0.25, 0.3) is 0 Å². The van der Waals surface area contributed by atoms with Crippen LogP contribution in [0.3, 0.4) is 0 Å². The number of hydrogen-bond acceptors (Lipinski definition) is 2. The van der Waals surface area contributed by atoms with Crippen LogP contribution >= 0.6 is 0 Å². The van der Waals surface area contributed by atoms with E-state index < -0.39 is 0 Å². The monoisotopic (exact) mass is 312 g/mol. The van der Waals surface area contributed by atoms with E-state index in [-0.39, 0.29) is 12.7 Å². The van der Waals surface area contributed by atoms with Crippen molar-refractivity contribution in [1.82, 2.24) is 0 Å². The van der Waals surface area contributed by atoms with Crippen LogP contribution in [0.5, 0.6) is 0 Å². The van der Waals surface area contributed by atoms with E-state index in [0.29, 0.717) is 6.42 Å². The number of hydrogen-bond donors (Lipinski definition) is 2. The van der Waals surface area contributed by atoms with Crippen molar-refractivity contribution in [1.29, 1.82) is 0 Å². The smallest absolute Gasteiger partial charge is 0.0562 e. The molecule has 2 nitrogen and oxygen atoms in total. The molecule has 0 saturated heterocycles. The van der Waals surface area contributed by atoms with Gasteiger partial charge in [0, 0.05) is 6.61 Å². The van der Waals surface area contributed by atoms with Crippen molar-refractivity contribution in [2.24, 2.45) is 0 Å². The SMILES string of the molecule is CCCCCCCC/C=C/CCCCCCCC(O)CCO. The summed E-state index contributed by atoms with van der Waals surface area (Å²) in [5.41, 5.74) is 0. The fourth-order valence-corrected chi connectivity index (χ4v) is 2.74. The molecule has 0 heterocycles. The highest BCUT2D eigenvalue weighted by molar-refractivity contribution is 4.81. The first-order chi connectivity index (χ1) is 10.8. The third-order valence-corrected chi connectivity index (χ3v) is 4.26. The Hall–Kier alpha value is -0.340. The fraction of sp³-hybridized carbons (Fsp3) is 0.900. The van der Waals surface area contributed by atoms with Crippen LogP contribution in [0.25, 0.3) is 0 Å². The maximum absolute atomic E-state index is 9.48. The molecular formula is C20H40O2. The Morgan fingerprint density at radius 2 is 1.18 bits per heavy atom. The molecule has 0 aromatic rings. The highest BCUT2D eigenvalue weighted by Crippen LogP contribution is 2.11. The lowest BCUT2D eigenvalue weighted by Crippen LogP contribution is -2.08. The van der Waals surface area contributed by atoms with Crippen LogP contribution in [0.1, 0.15) is 103 Å². The predicted octanol–water partition coefficient (Wildman–Crippen LogP) is 5.77. The molecule has 1 atom stereocenters. The molecule has 0 aromatic carbocycles. The highest BCUT2D eigenvalue weighted by Gasteiger charge is 2.01. The average molecular weight is 313 g/mol. The van der Waals surface area contributed by atoms with Crippen molar-refractivity contribution in [3.63, 3.8) is 0 Å². The van der Waals surface area contributed by atoms with Gasteiger partial charge in [0.05, 0.1) is 6.10 Å². The summed E-state index contributed by atoms with van der Waals surface area (Å²) in [6.45, 7) is 2.37. The van der Waals surface area contributed by atoms with Gasteiger partial charge in [-0.3, -0.25) is 0 Å². The minimum Gasteiger partial charge on any atom is -0.396 e. The van der Waals surface area contributed by atoms with Crippen molar-refractivity contribution < 1.29 is 10.2 Å². The van der Waals surface area contributed by atoms with Gasteiger partial charge in [-0.25, -0.2) is 0 Å². The Kier molecular flexibility index (Phi) is 18.4. The summed E-state index contributed by atoms with van der Waals surface area (Å²) >= 11 is 0. The van der Waals surface area contributed by atoms with Gasteiger partial charge in [-0.05, 0) is 38.5 Å². The Bertz CT molecular complexity index is 226. The summed E-state index contributed by atoms with van der Waals surface area (Å²) in [6, 6.07) is 0. The van der Waals surface area contributed by atoms with Crippen LogP contribution in [0.15, 0.2) is 12.2 Å². The third-order valence-electron chi connectivity index (χ3n) is 4.26. The van der Waals surface area contributed by atoms with E-state index in [1.54, 1.807) is 0 Å². The van der Waals surface area contributed by atoms with Gasteiger partial charge in [-0.15, -0.1) is 0 Å². The van der Waals surface area contributed by atoms with Crippen molar-refractivity contribution in [3.8, 4) is 0 Å². The predicted molar refractivity (Wildman–Crippen MR) is 97.2 cm³/mol. The van der Waals surface area contributed by atoms with Crippen LogP contribution in [0, 0.1) is 0 Å². The molecule has 0 aromatic heterocycles. The summed E-state index contributed by atoms with van der Waals surface area (Å²) in [5, 5.41) is 18.2. The lowest BCUT2D eigenvalue weighted by molar-refractivity contribution is 0.122. The van der Waals surface area contributed by atoms with Crippen molar-refractivity contribution in [2.75, 3.05) is 6.61 Å². The quantitative estimate of drug-likeness (QED) is 0.264. The number of allylic oxidation sites excluding steroid dienone is 2. The summed E-state index contributed by atoms with van der Waals surface area (Å²) in [6.07, 6.45) is 22.8. The zero-order valence-corrected chi connectivity index (χ0v) is 14.9. The lowest BCUT2D eigenvalue weighted by atomic mass is 10.1. The summed E-state index contributed by atoms with van der Waals surface area (Å²) in [4.78, 5) is 0. The van der Waals surface area contributed by atoms with Gasteiger partial charge >= 0.3 is 0 Å². The van der Waals surface area contributed by atoms with Gasteiger partial charge in [0.1, 0.15) is 0 Å². The number of unbranched alkanes of at least 4 members (excludes halogenated alkanes) is 11. The largest absolute Gasteiger partial charge is 0.396 e. The molecule has 0 amide bonds. The standard InChI is InChI=1S/C20H40O2/c1-2-3-4-5-6-7-8-9-10-11-12-13-14-15-16-17-20(22)18-19-21/h9-10,20-22H,2-8,11-19H2,1H3/b10-9+. The summed E-state index contributed by atoms with van der Waals surface area (Å²) in [5.74, 6) is 0. The van der Waals surface area contributed by atoms with E-state index in [1.165, 1.54) is 77.0 Å². The lowest BCUT2D eigenvalue weighted by Gasteiger charge is -2.07. The van der Waals surface area contributed by atoms with Crippen LogP contribution in [-0.4, -0.2) is 22.9 Å². The second-order valence-corrected chi connectivity index (χ2v) is 6.54. The first kappa shape index (κ1) is 21.7. The van der Waals surface area contributed by atoms with E-state index in [1.807, 2.05) is 0 Å². The van der Waals surface area contributed by atoms with Crippen LogP contribution in [-0.2, 0) is 0 Å². The molecule has 0 radical (unpaired) electrons. The average Bonchev–Trinajstić information content (AvgIpc) is 2.51. The van der Waals surface area contributed by atoms with Crippen LogP contribution in [0.4, 0.5) is 0 Å². The van der Waals surface area contributed by atoms with Crippen molar-refractivity contribution in [2.45, 2.75) is 109 Å². The van der Waals surface area contributed by atoms with Crippen molar-refractivity contribution in [3.05, 3.63) is 12.2 Å². The molecule has 1 unspecified atom stereocenters. The maximum atomic E-state index is 9.48. The molecule has 0 saturated carbocycles. The Morgan fingerprint density at radius 1 is 0.682 bits per heavy atom. The third kappa shape index (κ3) is 17.7. The maximum Gasteiger partial charge on any atom is 0.0562 e. The Balaban J connectivity index is 3.11. The Labute approximate surface area is 139 Å². The topological polar surface area (TPSA) is 40.5 Å². The van der Waals surface area contributed by atoms with Gasteiger partial charge in [-0.2, -0.15) is 0 Å². The van der Waals surface area contributed by atoms with E-state index >= 15 is 0 Å². The van der Waals surface area contributed by atoms with Gasteiger partial charge in [0.15, 0.2) is 0 Å². The second kappa shape index (κ2) is 18.7. The van der Waals surface area contributed by atoms with E-state index in [2.05, 4.69) is 19.1 Å². The molecule has 2 N–H and O–H groups in total. The molecule has 0 rings (SSSR count). The molecule has 0 aliphatic carbocycles. The van der Waals surface area contributed by atoms with Crippen LogP contribution < -0.4 is 0 Å². The summed E-state index contributed by atoms with van der Waals surface area (Å²) < 4.78 is 0. The molecule has 132 valence electrons. The fourth-order valence-electron chi connectivity index (χ4n) is 2.74. The number of aliphatic hydroxyl groups is 2. The van der Waals surface area contributed by atoms with Crippen LogP contribution in [0.2, 0.25) is 0 Å². The molecule has 0 fully saturated rings. The molecular weight excluding hydrogens is 272 g/mol. The zero-order valence-electron chi connectivity index (χ0n) is 14.9. The van der Waals surface area contributed by atoms with Gasteiger partial charge in [-0.1, -0.05) is 76.9 Å². The van der Waals surface area contributed by atoms with E-state index in [4.69, 9.17) is 5.11 Å². The number of rotatable bonds is 17. The zero-order chi connectivity index (χ0) is 16.3. The van der Waals surface area contributed by atoms with E-state index in [0.717, 1.165) is 12.8 Å². The minimum atomic E-state index is -0.296. The Morgan fingerprint density at radius 3 is 1.73 bits per heavy atom. The molecule has 2 heteroatoms. The molecule has 0 spiro atoms. The van der Waals surface area contributed by atoms with Crippen molar-refractivity contribution >= 4 is 0 Å². The van der Waals surface area contributed by atoms with Gasteiger partial charge in [0.2, 0.25) is 0 Å². The van der Waals surface area contributed by atoms with E-state index in [9.17, 15) is 5.11 Å². The highest BCUT2D eigenvalue weighted by atomic mass is 16.3. The normalized spacial score (nSPS) is 13.0. The molecule has 0 bridgehead atoms. The first-order valence-electron chi connectivity index (χ1n) is 9.75. The number of aliphatic hydroxyl groups excluding tert-OH is 2. The second-order valence-electron chi connectivity index (χ2n) is 6.54. The first-order valence-corrected chi connectivity index (χ1v) is 9.75. The molecule has 0 aliphatic rings. The van der Waals surface area contributed by atoms with Gasteiger partial charge < -0.3 is 10.2 Å². The molecule has 0 aliphatic heterocycles. The minimum absolute atomic E-state index is 0.103.